The Morgan fingerprint density at radius 2 is 1.93 bits per heavy atom. The third kappa shape index (κ3) is 1.59. The van der Waals surface area contributed by atoms with E-state index in [0.717, 1.165) is 18.0 Å². The largest absolute Gasteiger partial charge is 0.317 e. The van der Waals surface area contributed by atoms with E-state index >= 15 is 0 Å². The van der Waals surface area contributed by atoms with Crippen LogP contribution in [0.3, 0.4) is 0 Å². The molecule has 1 N–H and O–H groups in total. The Balaban J connectivity index is 1.63. The molecule has 80 valence electrons. The van der Waals surface area contributed by atoms with Gasteiger partial charge in [-0.15, -0.1) is 0 Å². The molecular formula is C12H22N2. The third-order valence-electron chi connectivity index (χ3n) is 4.47. The second-order valence-electron chi connectivity index (χ2n) is 5.36. The zero-order valence-electron chi connectivity index (χ0n) is 9.04. The fourth-order valence-corrected chi connectivity index (χ4v) is 3.74. The minimum atomic E-state index is 0.917. The van der Waals surface area contributed by atoms with Crippen molar-refractivity contribution in [2.75, 3.05) is 19.6 Å². The van der Waals surface area contributed by atoms with Crippen molar-refractivity contribution in [2.24, 2.45) is 5.92 Å². The van der Waals surface area contributed by atoms with Gasteiger partial charge in [0.05, 0.1) is 0 Å². The van der Waals surface area contributed by atoms with Crippen molar-refractivity contribution in [2.45, 2.75) is 50.6 Å². The SMILES string of the molecule is C1CNCCC(N2CC3CCC2C3)C1. The van der Waals surface area contributed by atoms with Crippen molar-refractivity contribution < 1.29 is 0 Å². The maximum atomic E-state index is 3.52. The van der Waals surface area contributed by atoms with Gasteiger partial charge >= 0.3 is 0 Å². The van der Waals surface area contributed by atoms with Crippen LogP contribution in [0.5, 0.6) is 0 Å². The number of nitrogens with one attached hydrogen (secondary N) is 1. The highest BCUT2D eigenvalue weighted by Gasteiger charge is 2.40. The van der Waals surface area contributed by atoms with Gasteiger partial charge in [-0.3, -0.25) is 4.90 Å². The summed E-state index contributed by atoms with van der Waals surface area (Å²) in [5.74, 6) is 1.07. The first-order chi connectivity index (χ1) is 6.93. The molecule has 3 aliphatic rings. The molecular weight excluding hydrogens is 172 g/mol. The summed E-state index contributed by atoms with van der Waals surface area (Å²) >= 11 is 0. The maximum Gasteiger partial charge on any atom is 0.0111 e. The molecule has 2 aliphatic heterocycles. The Hall–Kier alpha value is -0.0800. The molecule has 1 saturated carbocycles. The lowest BCUT2D eigenvalue weighted by Gasteiger charge is -2.34. The molecule has 3 unspecified atom stereocenters. The first-order valence-electron chi connectivity index (χ1n) is 6.40. The van der Waals surface area contributed by atoms with Gasteiger partial charge in [0.1, 0.15) is 0 Å². The van der Waals surface area contributed by atoms with Gasteiger partial charge in [0.25, 0.3) is 0 Å². The minimum absolute atomic E-state index is 0.917. The van der Waals surface area contributed by atoms with Crippen LogP contribution in [0.25, 0.3) is 0 Å². The molecule has 2 saturated heterocycles. The molecule has 3 atom stereocenters. The van der Waals surface area contributed by atoms with Crippen LogP contribution in [-0.2, 0) is 0 Å². The highest BCUT2D eigenvalue weighted by Crippen LogP contribution is 2.39. The first-order valence-corrected chi connectivity index (χ1v) is 6.40. The molecule has 2 heteroatoms. The Kier molecular flexibility index (Phi) is 2.50. The van der Waals surface area contributed by atoms with Crippen molar-refractivity contribution in [3.63, 3.8) is 0 Å². The lowest BCUT2D eigenvalue weighted by atomic mass is 10.0. The van der Waals surface area contributed by atoms with Crippen LogP contribution in [0.2, 0.25) is 0 Å². The fraction of sp³-hybridized carbons (Fsp3) is 1.00. The van der Waals surface area contributed by atoms with Crippen LogP contribution in [0.4, 0.5) is 0 Å². The van der Waals surface area contributed by atoms with Gasteiger partial charge in [0.15, 0.2) is 0 Å². The van der Waals surface area contributed by atoms with Crippen LogP contribution < -0.4 is 5.32 Å². The van der Waals surface area contributed by atoms with E-state index < -0.39 is 0 Å². The van der Waals surface area contributed by atoms with Crippen molar-refractivity contribution >= 4 is 0 Å². The monoisotopic (exact) mass is 194 g/mol. The lowest BCUT2D eigenvalue weighted by molar-refractivity contribution is 0.138. The molecule has 0 aromatic carbocycles. The number of likely N-dealkylation sites (tertiary alicyclic amines) is 1. The number of rotatable bonds is 1. The molecule has 1 aliphatic carbocycles. The van der Waals surface area contributed by atoms with Crippen molar-refractivity contribution in [1.82, 2.24) is 10.2 Å². The van der Waals surface area contributed by atoms with E-state index in [1.165, 1.54) is 58.2 Å². The number of fused-ring (bicyclic) bond motifs is 2. The standard InChI is InChI=1S/C12H22N2/c1-2-11(5-7-13-6-1)14-9-10-3-4-12(14)8-10/h10-13H,1-9H2. The van der Waals surface area contributed by atoms with Gasteiger partial charge in [-0.2, -0.15) is 0 Å². The summed E-state index contributed by atoms with van der Waals surface area (Å²) in [6.45, 7) is 3.92. The molecule has 2 heterocycles. The molecule has 2 nitrogen and oxygen atoms in total. The summed E-state index contributed by atoms with van der Waals surface area (Å²) in [7, 11) is 0. The second-order valence-corrected chi connectivity index (χ2v) is 5.36. The molecule has 3 fully saturated rings. The summed E-state index contributed by atoms with van der Waals surface area (Å²) < 4.78 is 0. The molecule has 0 aromatic rings. The Bertz CT molecular complexity index is 196. The molecule has 3 rings (SSSR count). The summed E-state index contributed by atoms with van der Waals surface area (Å²) in [6, 6.07) is 1.89. The topological polar surface area (TPSA) is 15.3 Å². The van der Waals surface area contributed by atoms with Crippen LogP contribution in [0, 0.1) is 5.92 Å². The molecule has 0 amide bonds. The maximum absolute atomic E-state index is 3.52. The van der Waals surface area contributed by atoms with Crippen molar-refractivity contribution in [1.29, 1.82) is 0 Å². The van der Waals surface area contributed by atoms with E-state index in [-0.39, 0.29) is 0 Å². The Morgan fingerprint density at radius 3 is 2.71 bits per heavy atom. The highest BCUT2D eigenvalue weighted by atomic mass is 15.2. The van der Waals surface area contributed by atoms with Gasteiger partial charge < -0.3 is 5.32 Å². The summed E-state index contributed by atoms with van der Waals surface area (Å²) in [6.07, 6.45) is 8.75. The molecule has 0 radical (unpaired) electrons. The lowest BCUT2D eigenvalue weighted by Crippen LogP contribution is -2.41. The quantitative estimate of drug-likeness (QED) is 0.682. The van der Waals surface area contributed by atoms with Crippen molar-refractivity contribution in [3.8, 4) is 0 Å². The Morgan fingerprint density at radius 1 is 0.929 bits per heavy atom. The van der Waals surface area contributed by atoms with Gasteiger partial charge in [-0.25, -0.2) is 0 Å². The molecule has 0 aromatic heterocycles. The van der Waals surface area contributed by atoms with E-state index in [9.17, 15) is 0 Å². The predicted molar refractivity (Wildman–Crippen MR) is 58.3 cm³/mol. The minimum Gasteiger partial charge on any atom is -0.317 e. The fourth-order valence-electron chi connectivity index (χ4n) is 3.74. The van der Waals surface area contributed by atoms with Gasteiger partial charge in [-0.05, 0) is 57.5 Å². The zero-order valence-corrected chi connectivity index (χ0v) is 9.04. The Labute approximate surface area is 87.0 Å². The number of hydrogen-bond donors (Lipinski definition) is 1. The van der Waals surface area contributed by atoms with Crippen molar-refractivity contribution in [3.05, 3.63) is 0 Å². The van der Waals surface area contributed by atoms with E-state index in [1.54, 1.807) is 0 Å². The van der Waals surface area contributed by atoms with E-state index in [2.05, 4.69) is 10.2 Å². The predicted octanol–water partition coefficient (Wildman–Crippen LogP) is 1.61. The smallest absolute Gasteiger partial charge is 0.0111 e. The van der Waals surface area contributed by atoms with Gasteiger partial charge in [-0.1, -0.05) is 0 Å². The van der Waals surface area contributed by atoms with Gasteiger partial charge in [0.2, 0.25) is 0 Å². The summed E-state index contributed by atoms with van der Waals surface area (Å²) in [4.78, 5) is 2.85. The average Bonchev–Trinajstić information content (AvgIpc) is 2.72. The normalized spacial score (nSPS) is 44.1. The summed E-state index contributed by atoms with van der Waals surface area (Å²) in [5.41, 5.74) is 0. The zero-order chi connectivity index (χ0) is 9.38. The second kappa shape index (κ2) is 3.82. The average molecular weight is 194 g/mol. The van der Waals surface area contributed by atoms with Gasteiger partial charge in [0, 0.05) is 18.6 Å². The van der Waals surface area contributed by atoms with Crippen LogP contribution in [0.15, 0.2) is 0 Å². The van der Waals surface area contributed by atoms with Crippen LogP contribution in [0.1, 0.15) is 38.5 Å². The first kappa shape index (κ1) is 9.17. The summed E-state index contributed by atoms with van der Waals surface area (Å²) in [5, 5.41) is 3.52. The molecule has 0 spiro atoms. The van der Waals surface area contributed by atoms with Crippen LogP contribution in [-0.4, -0.2) is 36.6 Å². The molecule has 2 bridgehead atoms. The van der Waals surface area contributed by atoms with E-state index in [0.29, 0.717) is 0 Å². The van der Waals surface area contributed by atoms with E-state index in [4.69, 9.17) is 0 Å². The number of piperidine rings is 1. The van der Waals surface area contributed by atoms with Crippen LogP contribution >= 0.6 is 0 Å². The highest BCUT2D eigenvalue weighted by molar-refractivity contribution is 4.95. The number of nitrogens with zero attached hydrogens (tertiary/aromatic N) is 1. The third-order valence-corrected chi connectivity index (χ3v) is 4.47. The van der Waals surface area contributed by atoms with E-state index in [1.807, 2.05) is 0 Å². The molecule has 14 heavy (non-hydrogen) atoms. The number of hydrogen-bond acceptors (Lipinski definition) is 2.